The topological polar surface area (TPSA) is 17.1 Å². The molecule has 1 atom stereocenters. The molecule has 0 spiro atoms. The first-order chi connectivity index (χ1) is 3.81. The zero-order chi connectivity index (χ0) is 6.99. The van der Waals surface area contributed by atoms with Crippen LogP contribution in [0.2, 0.25) is 0 Å². The summed E-state index contributed by atoms with van der Waals surface area (Å²) in [4.78, 5) is 0. The van der Waals surface area contributed by atoms with Crippen LogP contribution in [-0.2, 0) is 4.70 Å². The molecule has 0 aromatic carbocycles. The van der Waals surface area contributed by atoms with E-state index in [2.05, 4.69) is 9.24 Å². The summed E-state index contributed by atoms with van der Waals surface area (Å²) in [7, 11) is 13.8. The Morgan fingerprint density at radius 1 is 1.67 bits per heavy atom. The minimum Gasteiger partial charge on any atom is 1.00 e. The molecule has 6 radical (unpaired) electrons. The number of hydrogen-bond donors (Lipinski definition) is 0. The van der Waals surface area contributed by atoms with E-state index in [0.29, 0.717) is 7.04 Å². The van der Waals surface area contributed by atoms with Crippen molar-refractivity contribution >= 4 is 45.2 Å². The molecule has 0 bridgehead atoms. The number of hydrogen-bond acceptors (Lipinski definition) is 1. The Balaban J connectivity index is -0.000000109. The molecular formula is CH5B5KOP. The SMILES string of the molecule is CP.[B][B-]B([B])B=O.[K+]. The summed E-state index contributed by atoms with van der Waals surface area (Å²) in [5.41, 5.74) is 0. The van der Waals surface area contributed by atoms with Crippen LogP contribution in [0.15, 0.2) is 0 Å². The summed E-state index contributed by atoms with van der Waals surface area (Å²) >= 11 is 0. The molecule has 0 saturated carbocycles. The summed E-state index contributed by atoms with van der Waals surface area (Å²) in [6, 6.07) is 0. The molecule has 0 heterocycles. The predicted octanol–water partition coefficient (Wildman–Crippen LogP) is -4.53. The Kier molecular flexibility index (Phi) is 32.0. The third-order valence-corrected chi connectivity index (χ3v) is 0.379. The third kappa shape index (κ3) is 17.8. The smallest absolute Gasteiger partial charge is 1.00 e. The second-order valence-corrected chi connectivity index (χ2v) is 0.906. The van der Waals surface area contributed by atoms with Crippen molar-refractivity contribution in [3.63, 3.8) is 0 Å². The Bertz CT molecular complexity index is 54.2. The average molecular weight is 157 g/mol. The van der Waals surface area contributed by atoms with Crippen LogP contribution in [0.25, 0.3) is 0 Å². The third-order valence-electron chi connectivity index (χ3n) is 0.379. The van der Waals surface area contributed by atoms with Gasteiger partial charge < -0.3 is 0 Å². The van der Waals surface area contributed by atoms with Crippen molar-refractivity contribution in [3.05, 3.63) is 0 Å². The molecule has 0 saturated heterocycles. The fourth-order valence-electron chi connectivity index (χ4n) is 0.0454. The van der Waals surface area contributed by atoms with Crippen molar-refractivity contribution < 1.29 is 56.1 Å². The van der Waals surface area contributed by atoms with Crippen molar-refractivity contribution in [1.82, 2.24) is 0 Å². The monoisotopic (exact) mass is 158 g/mol. The number of rotatable bonds is 2. The minimum absolute atomic E-state index is 0. The van der Waals surface area contributed by atoms with Crippen LogP contribution in [0, 0.1) is 0 Å². The first-order valence-electron chi connectivity index (χ1n) is 2.15. The van der Waals surface area contributed by atoms with Gasteiger partial charge in [0.1, 0.15) is 0 Å². The first kappa shape index (κ1) is 17.3. The van der Waals surface area contributed by atoms with E-state index in [1.165, 1.54) is 0 Å². The fraction of sp³-hybridized carbons (Fsp3) is 1.00. The van der Waals surface area contributed by atoms with E-state index in [9.17, 15) is 4.70 Å². The van der Waals surface area contributed by atoms with Crippen molar-refractivity contribution in [3.8, 4) is 0 Å². The van der Waals surface area contributed by atoms with Gasteiger partial charge in [-0.25, -0.2) is 0 Å². The second-order valence-electron chi connectivity index (χ2n) is 0.906. The van der Waals surface area contributed by atoms with E-state index in [4.69, 9.17) is 15.5 Å². The Hall–Kier alpha value is 2.19. The molecule has 36 valence electrons. The zero-order valence-corrected chi connectivity index (χ0v) is 10.2. The van der Waals surface area contributed by atoms with Gasteiger partial charge in [-0.15, -0.1) is 9.24 Å². The van der Waals surface area contributed by atoms with Crippen LogP contribution in [0.4, 0.5) is 0 Å². The first-order valence-corrected chi connectivity index (χ1v) is 3.30. The summed E-state index contributed by atoms with van der Waals surface area (Å²) in [6.07, 6.45) is -0.593. The van der Waals surface area contributed by atoms with Crippen LogP contribution in [0.5, 0.6) is 0 Å². The van der Waals surface area contributed by atoms with Crippen LogP contribution in [0.1, 0.15) is 0 Å². The molecule has 0 rings (SSSR count). The maximum atomic E-state index is 9.50. The fourth-order valence-corrected chi connectivity index (χ4v) is 0.0454. The Morgan fingerprint density at radius 3 is 2.00 bits per heavy atom. The summed E-state index contributed by atoms with van der Waals surface area (Å²) in [6.45, 7) is 1.92. The average Bonchev–Trinajstić information content (AvgIpc) is 1.91. The van der Waals surface area contributed by atoms with Crippen LogP contribution in [0.3, 0.4) is 0 Å². The van der Waals surface area contributed by atoms with Crippen LogP contribution in [-0.4, -0.2) is 42.6 Å². The van der Waals surface area contributed by atoms with Crippen molar-refractivity contribution in [1.29, 1.82) is 0 Å². The normalized spacial score (nSPS) is 5.11. The Morgan fingerprint density at radius 2 is 2.00 bits per heavy atom. The largest absolute Gasteiger partial charge is 1.00 e. The van der Waals surface area contributed by atoms with Crippen molar-refractivity contribution in [2.45, 2.75) is 0 Å². The van der Waals surface area contributed by atoms with Gasteiger partial charge >= 0.3 is 92.1 Å². The van der Waals surface area contributed by atoms with Crippen molar-refractivity contribution in [2.24, 2.45) is 0 Å². The van der Waals surface area contributed by atoms with E-state index in [1.807, 2.05) is 6.66 Å². The standard InChI is InChI=1S/CH5P.B5O.K/c1-2;1-3-5(2)4-6;/h2H2,1H3;;/q;-1;+1. The van der Waals surface area contributed by atoms with Gasteiger partial charge in [0, 0.05) is 0 Å². The molecule has 0 N–H and O–H groups in total. The molecule has 0 aliphatic heterocycles. The van der Waals surface area contributed by atoms with Crippen LogP contribution >= 0.6 is 9.24 Å². The molecule has 0 aromatic heterocycles. The van der Waals surface area contributed by atoms with E-state index in [-0.39, 0.29) is 51.4 Å². The maximum Gasteiger partial charge on any atom is 1.00 e. The molecule has 1 unspecified atom stereocenters. The van der Waals surface area contributed by atoms with Gasteiger partial charge in [0.05, 0.1) is 0 Å². The van der Waals surface area contributed by atoms with E-state index in [0.717, 1.165) is 7.06 Å². The quantitative estimate of drug-likeness (QED) is 0.291. The van der Waals surface area contributed by atoms with E-state index >= 15 is 0 Å². The Labute approximate surface area is 106 Å². The zero-order valence-electron chi connectivity index (χ0n) is 5.87. The minimum atomic E-state index is -0.593. The molecule has 0 amide bonds. The van der Waals surface area contributed by atoms with Gasteiger partial charge in [0.15, 0.2) is 0 Å². The molecule has 0 aromatic rings. The molecule has 1 nitrogen and oxygen atoms in total. The molecular weight excluding hydrogens is 152 g/mol. The predicted molar refractivity (Wildman–Crippen MR) is 45.1 cm³/mol. The molecule has 9 heavy (non-hydrogen) atoms. The maximum absolute atomic E-state index is 9.50. The van der Waals surface area contributed by atoms with E-state index < -0.39 is 6.39 Å². The summed E-state index contributed by atoms with van der Waals surface area (Å²) < 4.78 is 9.50. The van der Waals surface area contributed by atoms with E-state index in [1.54, 1.807) is 0 Å². The van der Waals surface area contributed by atoms with Crippen molar-refractivity contribution in [2.75, 3.05) is 6.66 Å². The molecule has 0 aliphatic rings. The molecule has 0 fully saturated rings. The molecule has 8 heteroatoms. The van der Waals surface area contributed by atoms with Gasteiger partial charge in [0.25, 0.3) is 0 Å². The summed E-state index contributed by atoms with van der Waals surface area (Å²) in [5, 5.41) is 0. The summed E-state index contributed by atoms with van der Waals surface area (Å²) in [5.74, 6) is 0. The van der Waals surface area contributed by atoms with Crippen LogP contribution < -0.4 is 51.4 Å². The van der Waals surface area contributed by atoms with Gasteiger partial charge in [-0.3, -0.25) is 0 Å². The van der Waals surface area contributed by atoms with Gasteiger partial charge in [-0.2, -0.15) is 0 Å². The van der Waals surface area contributed by atoms with Gasteiger partial charge in [0.2, 0.25) is 0 Å². The molecule has 0 aliphatic carbocycles. The van der Waals surface area contributed by atoms with Gasteiger partial charge in [-0.05, 0) is 0 Å². The second kappa shape index (κ2) is 16.6. The van der Waals surface area contributed by atoms with Gasteiger partial charge in [-0.1, -0.05) is 6.66 Å².